The van der Waals surface area contributed by atoms with E-state index in [-0.39, 0.29) is 11.7 Å². The van der Waals surface area contributed by atoms with Crippen molar-refractivity contribution in [1.29, 1.82) is 5.26 Å². The summed E-state index contributed by atoms with van der Waals surface area (Å²) in [4.78, 5) is 11.9. The van der Waals surface area contributed by atoms with E-state index in [1.165, 1.54) is 18.2 Å². The molecule has 3 rings (SSSR count). The van der Waals surface area contributed by atoms with Gasteiger partial charge in [0.1, 0.15) is 17.6 Å². The molecule has 1 aliphatic rings. The van der Waals surface area contributed by atoms with E-state index < -0.39 is 11.9 Å². The summed E-state index contributed by atoms with van der Waals surface area (Å²) in [6, 6.07) is 6.54. The Labute approximate surface area is 187 Å². The Balaban J connectivity index is 2.14. The number of nitrogens with one attached hydrogen (secondary N) is 1. The summed E-state index contributed by atoms with van der Waals surface area (Å²) in [6.45, 7) is 8.62. The lowest BCUT2D eigenvalue weighted by molar-refractivity contribution is 0.145. The van der Waals surface area contributed by atoms with E-state index in [4.69, 9.17) is 9.47 Å². The first-order valence-electron chi connectivity index (χ1n) is 10.8. The summed E-state index contributed by atoms with van der Waals surface area (Å²) in [5.74, 6) is 0.336. The van der Waals surface area contributed by atoms with Crippen LogP contribution in [-0.2, 0) is 16.0 Å². The van der Waals surface area contributed by atoms with Gasteiger partial charge in [0.25, 0.3) is 0 Å². The standard InChI is InChI=1S/C25H28FN3O3/c1-5-13-31-25(30)28-17-7-11-22(26)20(14-17)24-21(15-27)19-10-8-18(32-16(3)4)9-12-23(19)29(24)6-2/h7-8,10-12,14,16H,5-6,9,13H2,1-4H3,(H,28,30). The number of allylic oxidation sites excluding steroid dienone is 2. The Morgan fingerprint density at radius 3 is 2.75 bits per heavy atom. The maximum absolute atomic E-state index is 15.0. The number of fused-ring (bicyclic) bond motifs is 1. The summed E-state index contributed by atoms with van der Waals surface area (Å²) < 4.78 is 27.8. The lowest BCUT2D eigenvalue weighted by Gasteiger charge is -2.13. The Bertz CT molecular complexity index is 1200. The summed E-state index contributed by atoms with van der Waals surface area (Å²) in [5.41, 5.74) is 1.50. The third-order valence-electron chi connectivity index (χ3n) is 5.00. The molecule has 0 unspecified atom stereocenters. The van der Waals surface area contributed by atoms with Crippen LogP contribution < -0.4 is 15.9 Å². The fraction of sp³-hybridized carbons (Fsp3) is 0.360. The summed E-state index contributed by atoms with van der Waals surface area (Å²) >= 11 is 0. The molecule has 1 aromatic heterocycles. The highest BCUT2D eigenvalue weighted by molar-refractivity contribution is 5.86. The van der Waals surface area contributed by atoms with E-state index in [1.54, 1.807) is 0 Å². The fourth-order valence-electron chi connectivity index (χ4n) is 3.73. The number of carbonyl (C=O) groups is 1. The van der Waals surface area contributed by atoms with Gasteiger partial charge in [-0.2, -0.15) is 5.26 Å². The summed E-state index contributed by atoms with van der Waals surface area (Å²) in [6.07, 6.45) is 6.45. The van der Waals surface area contributed by atoms with Crippen molar-refractivity contribution in [2.24, 2.45) is 0 Å². The van der Waals surface area contributed by atoms with Crippen LogP contribution in [0.25, 0.3) is 23.4 Å². The number of amides is 1. The van der Waals surface area contributed by atoms with Crippen LogP contribution in [0.15, 0.2) is 30.0 Å². The molecule has 0 fully saturated rings. The Kier molecular flexibility index (Phi) is 7.37. The van der Waals surface area contributed by atoms with E-state index in [1.807, 2.05) is 50.5 Å². The lowest BCUT2D eigenvalue weighted by Crippen LogP contribution is -2.29. The van der Waals surface area contributed by atoms with Crippen LogP contribution in [0.4, 0.5) is 14.9 Å². The SMILES string of the molecule is CCCOC(=O)Nc1ccc(F)c(-c2c(C#N)c3c(n2CC)=CCC(OC(C)C)=CC=3)c1. The van der Waals surface area contributed by atoms with Gasteiger partial charge in [0.15, 0.2) is 0 Å². The van der Waals surface area contributed by atoms with Gasteiger partial charge in [0, 0.05) is 34.8 Å². The van der Waals surface area contributed by atoms with Crippen LogP contribution in [0.2, 0.25) is 0 Å². The van der Waals surface area contributed by atoms with Crippen molar-refractivity contribution < 1.29 is 18.7 Å². The normalized spacial score (nSPS) is 12.6. The molecule has 0 saturated heterocycles. The predicted molar refractivity (Wildman–Crippen MR) is 123 cm³/mol. The quantitative estimate of drug-likeness (QED) is 0.696. The first-order chi connectivity index (χ1) is 15.4. The molecule has 1 amide bonds. The van der Waals surface area contributed by atoms with Crippen LogP contribution in [0.3, 0.4) is 0 Å². The number of benzene rings is 1. The van der Waals surface area contributed by atoms with Gasteiger partial charge in [0.2, 0.25) is 0 Å². The number of ether oxygens (including phenoxy) is 2. The minimum absolute atomic E-state index is 0.0492. The molecular formula is C25H28FN3O3. The van der Waals surface area contributed by atoms with Gasteiger partial charge in [-0.3, -0.25) is 5.32 Å². The Morgan fingerprint density at radius 2 is 2.09 bits per heavy atom. The highest BCUT2D eigenvalue weighted by atomic mass is 19.1. The third-order valence-corrected chi connectivity index (χ3v) is 5.00. The number of nitrogens with zero attached hydrogens (tertiary/aromatic N) is 2. The van der Waals surface area contributed by atoms with Gasteiger partial charge in [0.05, 0.1) is 24.0 Å². The maximum atomic E-state index is 15.0. The zero-order valence-corrected chi connectivity index (χ0v) is 18.9. The van der Waals surface area contributed by atoms with Crippen LogP contribution >= 0.6 is 0 Å². The molecule has 0 aliphatic heterocycles. The van der Waals surface area contributed by atoms with Gasteiger partial charge >= 0.3 is 6.09 Å². The molecule has 0 bridgehead atoms. The van der Waals surface area contributed by atoms with E-state index in [0.717, 1.165) is 16.3 Å². The summed E-state index contributed by atoms with van der Waals surface area (Å²) in [7, 11) is 0. The average Bonchev–Trinajstić information content (AvgIpc) is 2.92. The van der Waals surface area contributed by atoms with Crippen LogP contribution in [0.1, 0.15) is 46.1 Å². The van der Waals surface area contributed by atoms with Crippen molar-refractivity contribution in [3.63, 3.8) is 0 Å². The number of anilines is 1. The molecule has 1 aromatic carbocycles. The molecule has 0 saturated carbocycles. The molecule has 32 heavy (non-hydrogen) atoms. The Hall–Kier alpha value is -3.53. The molecule has 0 spiro atoms. The number of rotatable bonds is 7. The molecular weight excluding hydrogens is 409 g/mol. The second-order valence-electron chi connectivity index (χ2n) is 7.71. The fourth-order valence-corrected chi connectivity index (χ4v) is 3.73. The van der Waals surface area contributed by atoms with E-state index in [9.17, 15) is 14.4 Å². The van der Waals surface area contributed by atoms with Crippen LogP contribution in [-0.4, -0.2) is 23.4 Å². The van der Waals surface area contributed by atoms with Crippen LogP contribution in [0.5, 0.6) is 0 Å². The van der Waals surface area contributed by atoms with Gasteiger partial charge in [-0.25, -0.2) is 9.18 Å². The highest BCUT2D eigenvalue weighted by Crippen LogP contribution is 2.28. The molecule has 168 valence electrons. The second kappa shape index (κ2) is 10.2. The predicted octanol–water partition coefficient (Wildman–Crippen LogP) is 4.42. The number of hydrogen-bond acceptors (Lipinski definition) is 4. The van der Waals surface area contributed by atoms with Crippen molar-refractivity contribution in [2.75, 3.05) is 11.9 Å². The van der Waals surface area contributed by atoms with E-state index in [0.29, 0.717) is 42.9 Å². The Morgan fingerprint density at radius 1 is 1.31 bits per heavy atom. The van der Waals surface area contributed by atoms with E-state index in [2.05, 4.69) is 11.4 Å². The van der Waals surface area contributed by atoms with Crippen molar-refractivity contribution in [2.45, 2.75) is 53.2 Å². The van der Waals surface area contributed by atoms with Crippen molar-refractivity contribution in [3.05, 3.63) is 52.0 Å². The van der Waals surface area contributed by atoms with Crippen molar-refractivity contribution >= 4 is 23.9 Å². The largest absolute Gasteiger partial charge is 0.495 e. The monoisotopic (exact) mass is 437 g/mol. The second-order valence-corrected chi connectivity index (χ2v) is 7.71. The van der Waals surface area contributed by atoms with Crippen LogP contribution in [0, 0.1) is 17.1 Å². The molecule has 7 heteroatoms. The third kappa shape index (κ3) is 4.86. The zero-order chi connectivity index (χ0) is 23.3. The number of carbonyl (C=O) groups excluding carboxylic acids is 1. The lowest BCUT2D eigenvalue weighted by atomic mass is 10.1. The van der Waals surface area contributed by atoms with Crippen molar-refractivity contribution in [3.8, 4) is 17.3 Å². The topological polar surface area (TPSA) is 76.3 Å². The summed E-state index contributed by atoms with van der Waals surface area (Å²) in [5, 5.41) is 14.2. The molecule has 1 N–H and O–H groups in total. The van der Waals surface area contributed by atoms with Gasteiger partial charge < -0.3 is 14.0 Å². The number of aromatic nitrogens is 1. The minimum atomic E-state index is -0.601. The molecule has 6 nitrogen and oxygen atoms in total. The first kappa shape index (κ1) is 23.1. The van der Waals surface area contributed by atoms with Gasteiger partial charge in [-0.05, 0) is 57.5 Å². The average molecular weight is 438 g/mol. The molecule has 0 radical (unpaired) electrons. The first-order valence-corrected chi connectivity index (χ1v) is 10.8. The number of nitriles is 1. The zero-order valence-electron chi connectivity index (χ0n) is 18.9. The van der Waals surface area contributed by atoms with Gasteiger partial charge in [-0.1, -0.05) is 13.0 Å². The molecule has 1 heterocycles. The molecule has 1 aliphatic carbocycles. The van der Waals surface area contributed by atoms with E-state index >= 15 is 0 Å². The maximum Gasteiger partial charge on any atom is 0.411 e. The molecule has 2 aromatic rings. The molecule has 0 atom stereocenters. The van der Waals surface area contributed by atoms with Crippen molar-refractivity contribution in [1.82, 2.24) is 4.57 Å². The number of hydrogen-bond donors (Lipinski definition) is 1. The smallest absolute Gasteiger partial charge is 0.411 e. The minimum Gasteiger partial charge on any atom is -0.495 e. The van der Waals surface area contributed by atoms with Gasteiger partial charge in [-0.15, -0.1) is 0 Å². The number of halogens is 1. The highest BCUT2D eigenvalue weighted by Gasteiger charge is 2.20.